The van der Waals surface area contributed by atoms with Gasteiger partial charge in [0.15, 0.2) is 0 Å². The zero-order valence-electron chi connectivity index (χ0n) is 15.9. The Kier molecular flexibility index (Phi) is 12.2. The Balaban J connectivity index is 0.00000364. The van der Waals surface area contributed by atoms with E-state index in [0.717, 1.165) is 12.0 Å². The summed E-state index contributed by atoms with van der Waals surface area (Å²) in [6, 6.07) is 7.06. The minimum atomic E-state index is -0.899. The third-order valence-corrected chi connectivity index (χ3v) is 4.80. The first-order valence-electron chi connectivity index (χ1n) is 10.0. The van der Waals surface area contributed by atoms with E-state index in [2.05, 4.69) is 19.1 Å². The molecule has 4 heteroatoms. The van der Waals surface area contributed by atoms with Gasteiger partial charge in [0.05, 0.1) is 5.56 Å². The molecule has 2 unspecified atom stereocenters. The Morgan fingerprint density at radius 2 is 1.70 bits per heavy atom. The molecule has 1 heterocycles. The molecule has 0 aromatic heterocycles. The maximum absolute atomic E-state index is 11.2. The van der Waals surface area contributed by atoms with Crippen molar-refractivity contribution in [3.05, 3.63) is 59.7 Å². The fourth-order valence-corrected chi connectivity index (χ4v) is 3.20. The average molecular weight is 364 g/mol. The van der Waals surface area contributed by atoms with Gasteiger partial charge in [-0.05, 0) is 24.5 Å². The molecule has 0 bridgehead atoms. The number of carbonyl (C=O) groups is 1. The van der Waals surface area contributed by atoms with Crippen LogP contribution in [0.4, 0.5) is 0 Å². The van der Waals surface area contributed by atoms with Crippen LogP contribution in [0.2, 0.25) is 0 Å². The van der Waals surface area contributed by atoms with Crippen molar-refractivity contribution in [3.63, 3.8) is 0 Å². The molecule has 1 saturated heterocycles. The molecule has 1 fully saturated rings. The Morgan fingerprint density at radius 3 is 2.41 bits per heavy atom. The number of rotatable bonds is 13. The summed E-state index contributed by atoms with van der Waals surface area (Å²) in [5.41, 5.74) is 1.09. The number of unbranched alkanes of at least 4 members (excludes halogenated alkanes) is 8. The third kappa shape index (κ3) is 8.97. The van der Waals surface area contributed by atoms with E-state index in [1.54, 1.807) is 12.1 Å². The van der Waals surface area contributed by atoms with E-state index >= 15 is 0 Å². The molecule has 3 nitrogen and oxygen atoms in total. The van der Waals surface area contributed by atoms with E-state index in [9.17, 15) is 9.90 Å². The van der Waals surface area contributed by atoms with Crippen LogP contribution < -0.4 is 0 Å². The Bertz CT molecular complexity index is 609. The van der Waals surface area contributed by atoms with E-state index in [-0.39, 0.29) is 31.1 Å². The number of ether oxygens (including phenoxy) is 1. The van der Waals surface area contributed by atoms with Crippen LogP contribution in [0.1, 0.15) is 86.7 Å². The molecule has 1 N–H and O–H groups in total. The number of carboxylic acid groups (broad SMARTS) is 1. The van der Waals surface area contributed by atoms with Crippen LogP contribution in [-0.4, -0.2) is 36.0 Å². The normalized spacial score (nSPS) is 18.7. The summed E-state index contributed by atoms with van der Waals surface area (Å²) in [5, 5.41) is 9.23. The second kappa shape index (κ2) is 13.8. The van der Waals surface area contributed by atoms with Gasteiger partial charge >= 0.3 is 24.8 Å². The van der Waals surface area contributed by atoms with Crippen LogP contribution in [0.5, 0.6) is 0 Å². The standard InChI is InChI=1S/C23H32O3.Li.H/c1-2-3-4-5-6-7-8-9-10-11-12-13-18-21-22(26-21)19-16-14-15-17-20(19)23(24)25;;/h11-18,21-22H,2-10H2,1H3,(H,24,25);;. The van der Waals surface area contributed by atoms with Gasteiger partial charge in [0.1, 0.15) is 12.2 Å². The molecule has 0 amide bonds. The van der Waals surface area contributed by atoms with E-state index in [4.69, 9.17) is 4.74 Å². The van der Waals surface area contributed by atoms with E-state index in [0.29, 0.717) is 5.56 Å². The summed E-state index contributed by atoms with van der Waals surface area (Å²) in [7, 11) is 0. The molecule has 1 aromatic rings. The number of hydrogen-bond acceptors (Lipinski definition) is 2. The number of benzene rings is 1. The minimum absolute atomic E-state index is 0. The molecule has 2 rings (SSSR count). The molecule has 0 radical (unpaired) electrons. The molecule has 1 aliphatic rings. The summed E-state index contributed by atoms with van der Waals surface area (Å²) in [5.74, 6) is -0.899. The molecular weight excluding hydrogens is 331 g/mol. The summed E-state index contributed by atoms with van der Waals surface area (Å²) in [6.45, 7) is 2.26. The molecule has 1 aromatic carbocycles. The number of allylic oxidation sites excluding steroid dienone is 3. The first-order valence-corrected chi connectivity index (χ1v) is 10.0. The number of carboxylic acids is 1. The molecule has 1 aliphatic heterocycles. The Labute approximate surface area is 176 Å². The van der Waals surface area contributed by atoms with Crippen LogP contribution in [0.3, 0.4) is 0 Å². The van der Waals surface area contributed by atoms with Crippen molar-refractivity contribution in [2.75, 3.05) is 0 Å². The summed E-state index contributed by atoms with van der Waals surface area (Å²) in [4.78, 5) is 11.2. The van der Waals surface area contributed by atoms with Gasteiger partial charge in [0, 0.05) is 0 Å². The summed E-state index contributed by atoms with van der Waals surface area (Å²) >= 11 is 0. The second-order valence-electron chi connectivity index (χ2n) is 6.99. The quantitative estimate of drug-likeness (QED) is 0.208. The Morgan fingerprint density at radius 1 is 1.04 bits per heavy atom. The van der Waals surface area contributed by atoms with Gasteiger partial charge in [-0.15, -0.1) is 0 Å². The molecular formula is C23H33LiO3. The predicted molar refractivity (Wildman–Crippen MR) is 114 cm³/mol. The van der Waals surface area contributed by atoms with Gasteiger partial charge in [-0.3, -0.25) is 0 Å². The fraction of sp³-hybridized carbons (Fsp3) is 0.522. The fourth-order valence-electron chi connectivity index (χ4n) is 3.20. The Hall–Kier alpha value is -1.27. The van der Waals surface area contributed by atoms with Crippen LogP contribution in [0, 0.1) is 0 Å². The van der Waals surface area contributed by atoms with Crippen molar-refractivity contribution in [3.8, 4) is 0 Å². The van der Waals surface area contributed by atoms with Gasteiger partial charge in [0.2, 0.25) is 0 Å². The predicted octanol–water partition coefficient (Wildman–Crippen LogP) is 5.82. The molecule has 2 atom stereocenters. The second-order valence-corrected chi connectivity index (χ2v) is 6.99. The van der Waals surface area contributed by atoms with Gasteiger partial charge in [0.25, 0.3) is 0 Å². The summed E-state index contributed by atoms with van der Waals surface area (Å²) < 4.78 is 5.61. The SMILES string of the molecule is CCCCCCCCCCC=CC=CC1OC1c1ccccc1C(=O)O.[LiH]. The maximum atomic E-state index is 11.2. The number of epoxide rings is 1. The van der Waals surface area contributed by atoms with Crippen molar-refractivity contribution >= 4 is 24.8 Å². The van der Waals surface area contributed by atoms with E-state index in [1.807, 2.05) is 24.3 Å². The number of hydrogen-bond donors (Lipinski definition) is 1. The van der Waals surface area contributed by atoms with Crippen LogP contribution in [-0.2, 0) is 4.74 Å². The molecule has 144 valence electrons. The molecule has 0 aliphatic carbocycles. The van der Waals surface area contributed by atoms with Crippen LogP contribution in [0.15, 0.2) is 48.6 Å². The monoisotopic (exact) mass is 364 g/mol. The third-order valence-electron chi connectivity index (χ3n) is 4.80. The van der Waals surface area contributed by atoms with Gasteiger partial charge < -0.3 is 9.84 Å². The van der Waals surface area contributed by atoms with Gasteiger partial charge in [-0.25, -0.2) is 4.79 Å². The van der Waals surface area contributed by atoms with Gasteiger partial charge in [-0.1, -0.05) is 94.4 Å². The topological polar surface area (TPSA) is 49.8 Å². The zero-order valence-corrected chi connectivity index (χ0v) is 15.9. The van der Waals surface area contributed by atoms with Crippen molar-refractivity contribution < 1.29 is 14.6 Å². The van der Waals surface area contributed by atoms with Crippen molar-refractivity contribution in [1.29, 1.82) is 0 Å². The molecule has 0 spiro atoms. The first kappa shape index (κ1) is 23.8. The summed E-state index contributed by atoms with van der Waals surface area (Å²) in [6.07, 6.45) is 20.1. The zero-order chi connectivity index (χ0) is 18.6. The van der Waals surface area contributed by atoms with E-state index in [1.165, 1.54) is 51.4 Å². The van der Waals surface area contributed by atoms with Crippen molar-refractivity contribution in [1.82, 2.24) is 0 Å². The van der Waals surface area contributed by atoms with Crippen molar-refractivity contribution in [2.24, 2.45) is 0 Å². The first-order chi connectivity index (χ1) is 12.7. The number of aromatic carboxylic acids is 1. The molecule has 27 heavy (non-hydrogen) atoms. The average Bonchev–Trinajstić information content (AvgIpc) is 3.42. The van der Waals surface area contributed by atoms with Crippen molar-refractivity contribution in [2.45, 2.75) is 76.9 Å². The van der Waals surface area contributed by atoms with Gasteiger partial charge in [-0.2, -0.15) is 0 Å². The van der Waals surface area contributed by atoms with E-state index < -0.39 is 5.97 Å². The molecule has 0 saturated carbocycles. The van der Waals surface area contributed by atoms with Crippen LogP contribution in [0.25, 0.3) is 0 Å². The van der Waals surface area contributed by atoms with Crippen LogP contribution >= 0.6 is 0 Å².